The zero-order chi connectivity index (χ0) is 14.7. The number of amides is 2. The smallest absolute Gasteiger partial charge is 0.242 e. The molecular formula is C15H27N3O2. The molecule has 1 heterocycles. The zero-order valence-corrected chi connectivity index (χ0v) is 12.7. The van der Waals surface area contributed by atoms with E-state index in [1.54, 1.807) is 11.9 Å². The van der Waals surface area contributed by atoms with Crippen LogP contribution in [0.3, 0.4) is 0 Å². The number of hydrogen-bond donors (Lipinski definition) is 1. The van der Waals surface area contributed by atoms with Gasteiger partial charge in [0, 0.05) is 32.1 Å². The third-order valence-electron chi connectivity index (χ3n) is 4.89. The number of nitrogens with zero attached hydrogens (tertiary/aromatic N) is 2. The Morgan fingerprint density at radius 3 is 2.50 bits per heavy atom. The molecule has 0 bridgehead atoms. The molecule has 0 spiro atoms. The molecule has 0 radical (unpaired) electrons. The zero-order valence-electron chi connectivity index (χ0n) is 12.7. The molecule has 1 aliphatic heterocycles. The van der Waals surface area contributed by atoms with Crippen molar-refractivity contribution in [3.05, 3.63) is 0 Å². The minimum atomic E-state index is -0.0184. The van der Waals surface area contributed by atoms with Gasteiger partial charge in [-0.2, -0.15) is 0 Å². The number of carbonyl (C=O) groups is 2. The topological polar surface area (TPSA) is 66.6 Å². The van der Waals surface area contributed by atoms with Crippen molar-refractivity contribution in [1.29, 1.82) is 0 Å². The number of likely N-dealkylation sites (N-methyl/N-ethyl adjacent to an activating group) is 1. The van der Waals surface area contributed by atoms with Crippen LogP contribution in [0.4, 0.5) is 0 Å². The molecule has 5 heteroatoms. The molecule has 3 unspecified atom stereocenters. The molecule has 1 saturated carbocycles. The van der Waals surface area contributed by atoms with Gasteiger partial charge in [0.25, 0.3) is 0 Å². The summed E-state index contributed by atoms with van der Waals surface area (Å²) < 4.78 is 0. The van der Waals surface area contributed by atoms with Gasteiger partial charge in [-0.3, -0.25) is 9.59 Å². The summed E-state index contributed by atoms with van der Waals surface area (Å²) in [5.74, 6) is 0.349. The van der Waals surface area contributed by atoms with E-state index in [2.05, 4.69) is 6.92 Å². The molecule has 1 saturated heterocycles. The highest BCUT2D eigenvalue weighted by molar-refractivity contribution is 5.86. The van der Waals surface area contributed by atoms with E-state index in [9.17, 15) is 9.59 Å². The first kappa shape index (κ1) is 15.3. The number of rotatable bonds is 3. The molecule has 2 N–H and O–H groups in total. The first-order chi connectivity index (χ1) is 9.50. The van der Waals surface area contributed by atoms with Crippen LogP contribution in [0, 0.1) is 11.8 Å². The molecule has 2 fully saturated rings. The van der Waals surface area contributed by atoms with Crippen LogP contribution in [0.1, 0.15) is 39.0 Å². The Bertz CT molecular complexity index is 366. The Morgan fingerprint density at radius 1 is 1.20 bits per heavy atom. The van der Waals surface area contributed by atoms with Gasteiger partial charge in [0.2, 0.25) is 11.8 Å². The van der Waals surface area contributed by atoms with Crippen molar-refractivity contribution in [2.24, 2.45) is 17.6 Å². The fourth-order valence-corrected chi connectivity index (χ4v) is 3.38. The lowest BCUT2D eigenvalue weighted by Gasteiger charge is -2.35. The lowest BCUT2D eigenvalue weighted by Crippen LogP contribution is -2.47. The summed E-state index contributed by atoms with van der Waals surface area (Å²) in [4.78, 5) is 28.1. The van der Waals surface area contributed by atoms with Crippen LogP contribution in [-0.4, -0.2) is 54.3 Å². The predicted octanol–water partition coefficient (Wildman–Crippen LogP) is 0.831. The van der Waals surface area contributed by atoms with E-state index in [4.69, 9.17) is 5.73 Å². The summed E-state index contributed by atoms with van der Waals surface area (Å²) in [6.45, 7) is 3.94. The van der Waals surface area contributed by atoms with Crippen LogP contribution >= 0.6 is 0 Å². The van der Waals surface area contributed by atoms with Gasteiger partial charge in [0.05, 0.1) is 6.54 Å². The van der Waals surface area contributed by atoms with Crippen molar-refractivity contribution in [2.45, 2.75) is 45.1 Å². The van der Waals surface area contributed by atoms with E-state index < -0.39 is 0 Å². The van der Waals surface area contributed by atoms with Crippen LogP contribution in [0.25, 0.3) is 0 Å². The molecule has 3 atom stereocenters. The highest BCUT2D eigenvalue weighted by atomic mass is 16.2. The third-order valence-corrected chi connectivity index (χ3v) is 4.89. The van der Waals surface area contributed by atoms with Gasteiger partial charge in [-0.25, -0.2) is 0 Å². The standard InChI is InChI=1S/C15H27N3O2/c1-11-12(6-5-7-13(11)16)15(20)17(2)10-14(19)18-8-3-4-9-18/h11-13H,3-10,16H2,1-2H3. The minimum absolute atomic E-state index is 0.0184. The molecule has 2 amide bonds. The second-order valence-electron chi connectivity index (χ2n) is 6.34. The minimum Gasteiger partial charge on any atom is -0.341 e. The van der Waals surface area contributed by atoms with E-state index in [1.165, 1.54) is 0 Å². The summed E-state index contributed by atoms with van der Waals surface area (Å²) >= 11 is 0. The van der Waals surface area contributed by atoms with E-state index in [0.717, 1.165) is 45.2 Å². The van der Waals surface area contributed by atoms with Crippen molar-refractivity contribution in [1.82, 2.24) is 9.80 Å². The molecule has 1 aliphatic carbocycles. The van der Waals surface area contributed by atoms with E-state index in [-0.39, 0.29) is 36.2 Å². The molecule has 114 valence electrons. The predicted molar refractivity (Wildman–Crippen MR) is 77.9 cm³/mol. The van der Waals surface area contributed by atoms with Crippen molar-refractivity contribution in [2.75, 3.05) is 26.7 Å². The Balaban J connectivity index is 1.89. The Labute approximate surface area is 121 Å². The van der Waals surface area contributed by atoms with Gasteiger partial charge in [0.15, 0.2) is 0 Å². The maximum atomic E-state index is 12.5. The van der Waals surface area contributed by atoms with Crippen molar-refractivity contribution in [3.8, 4) is 0 Å². The van der Waals surface area contributed by atoms with Gasteiger partial charge < -0.3 is 15.5 Å². The van der Waals surface area contributed by atoms with E-state index in [0.29, 0.717) is 0 Å². The van der Waals surface area contributed by atoms with Crippen LogP contribution in [-0.2, 0) is 9.59 Å². The number of nitrogens with two attached hydrogens (primary N) is 1. The summed E-state index contributed by atoms with van der Waals surface area (Å²) in [6.07, 6.45) is 5.07. The lowest BCUT2D eigenvalue weighted by atomic mass is 9.76. The number of likely N-dealkylation sites (tertiary alicyclic amines) is 1. The monoisotopic (exact) mass is 281 g/mol. The number of hydrogen-bond acceptors (Lipinski definition) is 3. The molecule has 2 rings (SSSR count). The van der Waals surface area contributed by atoms with Gasteiger partial charge >= 0.3 is 0 Å². The molecular weight excluding hydrogens is 254 g/mol. The van der Waals surface area contributed by atoms with Gasteiger partial charge in [-0.15, -0.1) is 0 Å². The maximum absolute atomic E-state index is 12.5. The maximum Gasteiger partial charge on any atom is 0.242 e. The van der Waals surface area contributed by atoms with Crippen LogP contribution in [0.2, 0.25) is 0 Å². The first-order valence-electron chi connectivity index (χ1n) is 7.79. The Kier molecular flexibility index (Phi) is 5.02. The largest absolute Gasteiger partial charge is 0.341 e. The van der Waals surface area contributed by atoms with Gasteiger partial charge in [-0.05, 0) is 31.6 Å². The van der Waals surface area contributed by atoms with Gasteiger partial charge in [-0.1, -0.05) is 13.3 Å². The van der Waals surface area contributed by atoms with Crippen LogP contribution in [0.15, 0.2) is 0 Å². The van der Waals surface area contributed by atoms with Crippen LogP contribution in [0.5, 0.6) is 0 Å². The SMILES string of the molecule is CC1C(N)CCCC1C(=O)N(C)CC(=O)N1CCCC1. The molecule has 0 aromatic heterocycles. The first-order valence-corrected chi connectivity index (χ1v) is 7.79. The third kappa shape index (κ3) is 3.32. The van der Waals surface area contributed by atoms with Crippen LogP contribution < -0.4 is 5.73 Å². The summed E-state index contributed by atoms with van der Waals surface area (Å²) in [5, 5.41) is 0. The molecule has 20 heavy (non-hydrogen) atoms. The summed E-state index contributed by atoms with van der Waals surface area (Å²) in [7, 11) is 1.74. The van der Waals surface area contributed by atoms with Crippen molar-refractivity contribution in [3.63, 3.8) is 0 Å². The van der Waals surface area contributed by atoms with Crippen molar-refractivity contribution < 1.29 is 9.59 Å². The molecule has 5 nitrogen and oxygen atoms in total. The van der Waals surface area contributed by atoms with E-state index >= 15 is 0 Å². The normalized spacial score (nSPS) is 30.4. The van der Waals surface area contributed by atoms with Gasteiger partial charge in [0.1, 0.15) is 0 Å². The quantitative estimate of drug-likeness (QED) is 0.833. The number of carbonyl (C=O) groups excluding carboxylic acids is 2. The summed E-state index contributed by atoms with van der Waals surface area (Å²) in [5.41, 5.74) is 6.06. The highest BCUT2D eigenvalue weighted by Gasteiger charge is 2.34. The summed E-state index contributed by atoms with van der Waals surface area (Å²) in [6, 6.07) is 0.111. The second kappa shape index (κ2) is 6.57. The Morgan fingerprint density at radius 2 is 1.85 bits per heavy atom. The Hall–Kier alpha value is -1.10. The second-order valence-corrected chi connectivity index (χ2v) is 6.34. The van der Waals surface area contributed by atoms with E-state index in [1.807, 2.05) is 4.90 Å². The fourth-order valence-electron chi connectivity index (χ4n) is 3.38. The molecule has 0 aromatic carbocycles. The fraction of sp³-hybridized carbons (Fsp3) is 0.867. The van der Waals surface area contributed by atoms with Crippen molar-refractivity contribution >= 4 is 11.8 Å². The average molecular weight is 281 g/mol. The lowest BCUT2D eigenvalue weighted by molar-refractivity contribution is -0.143. The molecule has 0 aromatic rings. The average Bonchev–Trinajstić information content (AvgIpc) is 2.95. The molecule has 2 aliphatic rings. The highest BCUT2D eigenvalue weighted by Crippen LogP contribution is 2.30.